The van der Waals surface area contributed by atoms with E-state index in [9.17, 15) is 9.59 Å². The van der Waals surface area contributed by atoms with Gasteiger partial charge in [0.1, 0.15) is 5.70 Å². The number of amidine groups is 1. The fraction of sp³-hybridized carbons (Fsp3) is 0.233. The van der Waals surface area contributed by atoms with Crippen LogP contribution < -0.4 is 10.2 Å². The Hall–Kier alpha value is -3.64. The van der Waals surface area contributed by atoms with E-state index in [1.54, 1.807) is 11.0 Å². The van der Waals surface area contributed by atoms with Crippen LogP contribution in [0.5, 0.6) is 0 Å². The summed E-state index contributed by atoms with van der Waals surface area (Å²) < 4.78 is 0. The SMILES string of the molecule is Cc1ccc(N2C(=O)C(=Cc3ccc(C(C)C)cc3)N=C2SCC(=O)Nc2ccc(C)cc2C)cc1. The highest BCUT2D eigenvalue weighted by Gasteiger charge is 2.32. The highest BCUT2D eigenvalue weighted by Crippen LogP contribution is 2.30. The van der Waals surface area contributed by atoms with Crippen LogP contribution >= 0.6 is 11.8 Å². The molecule has 0 spiro atoms. The Labute approximate surface area is 217 Å². The summed E-state index contributed by atoms with van der Waals surface area (Å²) in [5.74, 6) is 0.225. The quantitative estimate of drug-likeness (QED) is 0.379. The molecule has 3 aromatic rings. The van der Waals surface area contributed by atoms with Crippen molar-refractivity contribution in [3.8, 4) is 0 Å². The number of thioether (sulfide) groups is 1. The zero-order valence-electron chi connectivity index (χ0n) is 21.3. The normalized spacial score (nSPS) is 14.5. The van der Waals surface area contributed by atoms with Gasteiger partial charge in [-0.3, -0.25) is 14.5 Å². The number of anilines is 2. The summed E-state index contributed by atoms with van der Waals surface area (Å²) in [6, 6.07) is 21.8. The van der Waals surface area contributed by atoms with Crippen molar-refractivity contribution in [3.63, 3.8) is 0 Å². The van der Waals surface area contributed by atoms with Gasteiger partial charge in [-0.15, -0.1) is 0 Å². The summed E-state index contributed by atoms with van der Waals surface area (Å²) in [4.78, 5) is 32.4. The average Bonchev–Trinajstić information content (AvgIpc) is 3.15. The monoisotopic (exact) mass is 497 g/mol. The Kier molecular flexibility index (Phi) is 7.75. The molecule has 3 aromatic carbocycles. The summed E-state index contributed by atoms with van der Waals surface area (Å²) >= 11 is 1.25. The Bertz CT molecular complexity index is 1340. The number of hydrogen-bond donors (Lipinski definition) is 1. The number of amides is 2. The molecule has 0 saturated heterocycles. The summed E-state index contributed by atoms with van der Waals surface area (Å²) in [5, 5.41) is 3.46. The number of nitrogens with zero attached hydrogens (tertiary/aromatic N) is 2. The first-order valence-corrected chi connectivity index (χ1v) is 13.0. The van der Waals surface area contributed by atoms with Crippen LogP contribution in [-0.2, 0) is 9.59 Å². The van der Waals surface area contributed by atoms with Gasteiger partial charge in [-0.1, -0.05) is 85.3 Å². The van der Waals surface area contributed by atoms with Gasteiger partial charge in [0.25, 0.3) is 5.91 Å². The first kappa shape index (κ1) is 25.5. The Morgan fingerprint density at radius 3 is 2.28 bits per heavy atom. The van der Waals surface area contributed by atoms with Crippen LogP contribution in [0.1, 0.15) is 47.6 Å². The molecule has 1 heterocycles. The van der Waals surface area contributed by atoms with Crippen molar-refractivity contribution < 1.29 is 9.59 Å². The summed E-state index contributed by atoms with van der Waals surface area (Å²) in [7, 11) is 0. The van der Waals surface area contributed by atoms with Gasteiger partial charge in [0, 0.05) is 5.69 Å². The third kappa shape index (κ3) is 5.94. The highest BCUT2D eigenvalue weighted by atomic mass is 32.2. The maximum Gasteiger partial charge on any atom is 0.283 e. The van der Waals surface area contributed by atoms with Crippen molar-refractivity contribution in [3.05, 3.63) is 100 Å². The van der Waals surface area contributed by atoms with Crippen molar-refractivity contribution in [1.29, 1.82) is 0 Å². The molecule has 0 saturated carbocycles. The van der Waals surface area contributed by atoms with Crippen molar-refractivity contribution in [2.45, 2.75) is 40.5 Å². The third-order valence-corrected chi connectivity index (χ3v) is 6.96. The molecule has 0 aliphatic carbocycles. The lowest BCUT2D eigenvalue weighted by Gasteiger charge is -2.18. The van der Waals surface area contributed by atoms with Crippen LogP contribution in [0.4, 0.5) is 11.4 Å². The number of hydrogen-bond acceptors (Lipinski definition) is 4. The molecule has 4 rings (SSSR count). The van der Waals surface area contributed by atoms with Crippen LogP contribution in [0.3, 0.4) is 0 Å². The molecule has 184 valence electrons. The van der Waals surface area contributed by atoms with Gasteiger partial charge in [-0.2, -0.15) is 0 Å². The van der Waals surface area contributed by atoms with E-state index in [-0.39, 0.29) is 17.6 Å². The van der Waals surface area contributed by atoms with E-state index in [4.69, 9.17) is 0 Å². The average molecular weight is 498 g/mol. The molecule has 36 heavy (non-hydrogen) atoms. The number of aryl methyl sites for hydroxylation is 3. The number of aliphatic imine (C=N–C) groups is 1. The summed E-state index contributed by atoms with van der Waals surface area (Å²) in [6.45, 7) is 10.3. The second-order valence-corrected chi connectivity index (χ2v) is 10.3. The maximum absolute atomic E-state index is 13.4. The highest BCUT2D eigenvalue weighted by molar-refractivity contribution is 8.14. The van der Waals surface area contributed by atoms with Crippen molar-refractivity contribution >= 4 is 46.2 Å². The molecule has 1 aliphatic heterocycles. The minimum absolute atomic E-state index is 0.137. The van der Waals surface area contributed by atoms with Gasteiger partial charge in [-0.25, -0.2) is 4.99 Å². The van der Waals surface area contributed by atoms with Gasteiger partial charge in [0.05, 0.1) is 11.4 Å². The zero-order valence-corrected chi connectivity index (χ0v) is 22.1. The summed E-state index contributed by atoms with van der Waals surface area (Å²) in [5.41, 5.74) is 7.28. The van der Waals surface area contributed by atoms with E-state index >= 15 is 0 Å². The first-order chi connectivity index (χ1) is 17.2. The molecule has 2 amide bonds. The van der Waals surface area contributed by atoms with Crippen LogP contribution in [0.2, 0.25) is 0 Å². The standard InChI is InChI=1S/C30H31N3O2S/c1-19(2)24-11-9-23(10-12-24)17-27-29(35)33(25-13-6-20(3)7-14-25)30(32-27)36-18-28(34)31-26-15-8-21(4)16-22(26)5/h6-17,19H,18H2,1-5H3,(H,31,34). The Morgan fingerprint density at radius 1 is 0.972 bits per heavy atom. The van der Waals surface area contributed by atoms with Crippen molar-refractivity contribution in [2.75, 3.05) is 16.0 Å². The molecule has 6 heteroatoms. The predicted molar refractivity (Wildman–Crippen MR) is 152 cm³/mol. The van der Waals surface area contributed by atoms with Crippen LogP contribution in [0.25, 0.3) is 6.08 Å². The Morgan fingerprint density at radius 2 is 1.64 bits per heavy atom. The van der Waals surface area contributed by atoms with E-state index in [1.165, 1.54) is 17.3 Å². The van der Waals surface area contributed by atoms with Gasteiger partial charge in [0.2, 0.25) is 5.91 Å². The topological polar surface area (TPSA) is 61.8 Å². The number of nitrogens with one attached hydrogen (secondary N) is 1. The van der Waals surface area contributed by atoms with E-state index in [0.717, 1.165) is 33.6 Å². The zero-order chi connectivity index (χ0) is 25.8. The van der Waals surface area contributed by atoms with Crippen LogP contribution in [0.15, 0.2) is 77.4 Å². The number of benzene rings is 3. The van der Waals surface area contributed by atoms with Gasteiger partial charge < -0.3 is 5.32 Å². The molecule has 5 nitrogen and oxygen atoms in total. The molecule has 0 aromatic heterocycles. The van der Waals surface area contributed by atoms with Gasteiger partial charge in [-0.05, 0) is 67.7 Å². The number of carbonyl (C=O) groups excluding carboxylic acids is 2. The maximum atomic E-state index is 13.4. The molecular weight excluding hydrogens is 466 g/mol. The van der Waals surface area contributed by atoms with Crippen molar-refractivity contribution in [2.24, 2.45) is 4.99 Å². The van der Waals surface area contributed by atoms with Gasteiger partial charge in [0.15, 0.2) is 5.17 Å². The second kappa shape index (κ2) is 11.0. The van der Waals surface area contributed by atoms with Crippen molar-refractivity contribution in [1.82, 2.24) is 0 Å². The predicted octanol–water partition coefficient (Wildman–Crippen LogP) is 6.85. The minimum atomic E-state index is -0.205. The van der Waals surface area contributed by atoms with E-state index in [2.05, 4.69) is 36.3 Å². The molecule has 0 atom stereocenters. The molecule has 0 unspecified atom stereocenters. The molecule has 1 aliphatic rings. The lowest BCUT2D eigenvalue weighted by atomic mass is 10.0. The molecule has 0 bridgehead atoms. The van der Waals surface area contributed by atoms with Crippen LogP contribution in [0, 0.1) is 20.8 Å². The second-order valence-electron chi connectivity index (χ2n) is 9.38. The summed E-state index contributed by atoms with van der Waals surface area (Å²) in [6.07, 6.45) is 1.80. The lowest BCUT2D eigenvalue weighted by molar-refractivity contribution is -0.114. The lowest BCUT2D eigenvalue weighted by Crippen LogP contribution is -2.31. The molecular formula is C30H31N3O2S. The molecule has 1 N–H and O–H groups in total. The molecule has 0 radical (unpaired) electrons. The van der Waals surface area contributed by atoms with E-state index < -0.39 is 0 Å². The largest absolute Gasteiger partial charge is 0.325 e. The first-order valence-electron chi connectivity index (χ1n) is 12.0. The molecule has 0 fully saturated rings. The fourth-order valence-corrected chi connectivity index (χ4v) is 4.73. The minimum Gasteiger partial charge on any atom is -0.325 e. The Balaban J connectivity index is 1.57. The van der Waals surface area contributed by atoms with Crippen LogP contribution in [-0.4, -0.2) is 22.7 Å². The number of carbonyl (C=O) groups is 2. The van der Waals surface area contributed by atoms with Gasteiger partial charge >= 0.3 is 0 Å². The third-order valence-electron chi connectivity index (χ3n) is 6.02. The van der Waals surface area contributed by atoms with E-state index in [0.29, 0.717) is 16.8 Å². The number of rotatable bonds is 6. The smallest absolute Gasteiger partial charge is 0.283 e. The fourth-order valence-electron chi connectivity index (χ4n) is 3.92. The van der Waals surface area contributed by atoms with E-state index in [1.807, 2.05) is 75.4 Å².